The Balaban J connectivity index is 1.79. The van der Waals surface area contributed by atoms with Gasteiger partial charge in [0.1, 0.15) is 12.2 Å². The second kappa shape index (κ2) is 7.84. The number of methoxy groups -OCH3 is 2. The Labute approximate surface area is 150 Å². The fourth-order valence-electron chi connectivity index (χ4n) is 2.67. The first-order valence-electron chi connectivity index (χ1n) is 7.97. The van der Waals surface area contributed by atoms with Gasteiger partial charge < -0.3 is 18.6 Å². The molecule has 0 unspecified atom stereocenters. The quantitative estimate of drug-likeness (QED) is 0.628. The number of hydrogen-bond acceptors (Lipinski definition) is 6. The lowest BCUT2D eigenvalue weighted by molar-refractivity contribution is 0.0432. The van der Waals surface area contributed by atoms with Gasteiger partial charge in [-0.3, -0.25) is 0 Å². The summed E-state index contributed by atoms with van der Waals surface area (Å²) in [7, 11) is 2.86. The maximum Gasteiger partial charge on any atom is 0.374 e. The van der Waals surface area contributed by atoms with E-state index in [1.54, 1.807) is 37.4 Å². The molecule has 0 fully saturated rings. The molecule has 0 spiro atoms. The number of carbonyl (C=O) groups excluding carboxylic acids is 2. The smallest absolute Gasteiger partial charge is 0.374 e. The fourth-order valence-corrected chi connectivity index (χ4v) is 2.67. The van der Waals surface area contributed by atoms with Crippen LogP contribution in [0.5, 0.6) is 0 Å². The van der Waals surface area contributed by atoms with E-state index < -0.39 is 11.9 Å². The molecule has 0 saturated carbocycles. The van der Waals surface area contributed by atoms with Gasteiger partial charge in [0.2, 0.25) is 5.76 Å². The third-order valence-corrected chi connectivity index (χ3v) is 3.89. The highest BCUT2D eigenvalue weighted by atomic mass is 16.5. The molecule has 0 atom stereocenters. The Morgan fingerprint density at radius 3 is 2.54 bits per heavy atom. The summed E-state index contributed by atoms with van der Waals surface area (Å²) in [5.74, 6) is -0.910. The lowest BCUT2D eigenvalue weighted by atomic mass is 10.1. The average Bonchev–Trinajstić information content (AvgIpc) is 3.05. The molecule has 0 aliphatic heterocycles. The van der Waals surface area contributed by atoms with E-state index in [0.717, 1.165) is 5.39 Å². The van der Waals surface area contributed by atoms with Crippen LogP contribution in [-0.2, 0) is 27.4 Å². The van der Waals surface area contributed by atoms with Gasteiger partial charge in [0, 0.05) is 18.1 Å². The van der Waals surface area contributed by atoms with Gasteiger partial charge in [-0.15, -0.1) is 0 Å². The molecule has 6 nitrogen and oxygen atoms in total. The van der Waals surface area contributed by atoms with Gasteiger partial charge in [0.25, 0.3) is 0 Å². The van der Waals surface area contributed by atoms with Crippen LogP contribution in [-0.4, -0.2) is 26.2 Å². The van der Waals surface area contributed by atoms with E-state index in [2.05, 4.69) is 4.74 Å². The first kappa shape index (κ1) is 17.7. The second-order valence-electron chi connectivity index (χ2n) is 5.61. The van der Waals surface area contributed by atoms with Crippen molar-refractivity contribution >= 4 is 22.9 Å². The maximum atomic E-state index is 12.5. The minimum absolute atomic E-state index is 0.00708. The van der Waals surface area contributed by atoms with Crippen LogP contribution >= 0.6 is 0 Å². The average molecular weight is 354 g/mol. The molecule has 1 heterocycles. The van der Waals surface area contributed by atoms with E-state index in [4.69, 9.17) is 13.9 Å². The van der Waals surface area contributed by atoms with E-state index in [-0.39, 0.29) is 19.0 Å². The molecule has 0 N–H and O–H groups in total. The van der Waals surface area contributed by atoms with Crippen LogP contribution in [0.2, 0.25) is 0 Å². The highest BCUT2D eigenvalue weighted by molar-refractivity contribution is 5.96. The van der Waals surface area contributed by atoms with Crippen LogP contribution < -0.4 is 0 Å². The summed E-state index contributed by atoms with van der Waals surface area (Å²) >= 11 is 0. The number of para-hydroxylation sites is 1. The Hall–Kier alpha value is -3.12. The van der Waals surface area contributed by atoms with Gasteiger partial charge in [-0.2, -0.15) is 0 Å². The van der Waals surface area contributed by atoms with E-state index >= 15 is 0 Å². The third-order valence-electron chi connectivity index (χ3n) is 3.89. The maximum absolute atomic E-state index is 12.5. The molecule has 0 radical (unpaired) electrons. The molecule has 6 heteroatoms. The molecule has 134 valence electrons. The molecule has 26 heavy (non-hydrogen) atoms. The summed E-state index contributed by atoms with van der Waals surface area (Å²) in [4.78, 5) is 24.1. The highest BCUT2D eigenvalue weighted by Gasteiger charge is 2.21. The molecule has 3 rings (SSSR count). The molecule has 0 saturated heterocycles. The molecule has 0 bridgehead atoms. The Morgan fingerprint density at radius 1 is 0.962 bits per heavy atom. The number of hydrogen-bond donors (Lipinski definition) is 0. The van der Waals surface area contributed by atoms with Crippen molar-refractivity contribution in [1.82, 2.24) is 0 Å². The number of benzene rings is 2. The van der Waals surface area contributed by atoms with Crippen LogP contribution in [0.1, 0.15) is 32.0 Å². The topological polar surface area (TPSA) is 75.0 Å². The van der Waals surface area contributed by atoms with Crippen molar-refractivity contribution in [2.45, 2.75) is 13.2 Å². The Morgan fingerprint density at radius 2 is 1.77 bits per heavy atom. The molecule has 0 amide bonds. The zero-order valence-corrected chi connectivity index (χ0v) is 14.5. The van der Waals surface area contributed by atoms with Crippen LogP contribution in [0, 0.1) is 0 Å². The first-order valence-corrected chi connectivity index (χ1v) is 7.97. The van der Waals surface area contributed by atoms with Crippen LogP contribution in [0.3, 0.4) is 0 Å². The number of rotatable bonds is 6. The molecule has 1 aromatic heterocycles. The Bertz CT molecular complexity index is 940. The number of fused-ring (bicyclic) bond motifs is 1. The molecular formula is C20H18O6. The molecule has 0 aliphatic rings. The molecule has 0 aliphatic carbocycles. The van der Waals surface area contributed by atoms with Crippen LogP contribution in [0.25, 0.3) is 11.0 Å². The van der Waals surface area contributed by atoms with Crippen molar-refractivity contribution in [3.05, 3.63) is 71.0 Å². The Kier molecular flexibility index (Phi) is 5.34. The van der Waals surface area contributed by atoms with Crippen molar-refractivity contribution in [3.8, 4) is 0 Å². The largest absolute Gasteiger partial charge is 0.465 e. The van der Waals surface area contributed by atoms with E-state index in [1.165, 1.54) is 7.11 Å². The third kappa shape index (κ3) is 3.60. The summed E-state index contributed by atoms with van der Waals surface area (Å²) < 4.78 is 20.9. The van der Waals surface area contributed by atoms with Gasteiger partial charge >= 0.3 is 11.9 Å². The van der Waals surface area contributed by atoms with Gasteiger partial charge in [-0.25, -0.2) is 9.59 Å². The van der Waals surface area contributed by atoms with Gasteiger partial charge in [0.15, 0.2) is 0 Å². The van der Waals surface area contributed by atoms with Crippen molar-refractivity contribution < 1.29 is 28.2 Å². The predicted octanol–water partition coefficient (Wildman–Crippen LogP) is 3.72. The van der Waals surface area contributed by atoms with Crippen molar-refractivity contribution in [3.63, 3.8) is 0 Å². The summed E-state index contributed by atoms with van der Waals surface area (Å²) in [6.45, 7) is 0.242. The minimum Gasteiger partial charge on any atom is -0.465 e. The number of esters is 2. The second-order valence-corrected chi connectivity index (χ2v) is 5.61. The van der Waals surface area contributed by atoms with Gasteiger partial charge in [-0.05, 0) is 23.8 Å². The zero-order chi connectivity index (χ0) is 18.5. The predicted molar refractivity (Wildman–Crippen MR) is 93.8 cm³/mol. The number of carbonyl (C=O) groups is 2. The zero-order valence-electron chi connectivity index (χ0n) is 14.5. The molecular weight excluding hydrogens is 336 g/mol. The van der Waals surface area contributed by atoms with Crippen molar-refractivity contribution in [2.75, 3.05) is 14.2 Å². The summed E-state index contributed by atoms with van der Waals surface area (Å²) in [5, 5.41) is 0.814. The van der Waals surface area contributed by atoms with Gasteiger partial charge in [-0.1, -0.05) is 30.3 Å². The fraction of sp³-hybridized carbons (Fsp3) is 0.200. The monoisotopic (exact) mass is 354 g/mol. The van der Waals surface area contributed by atoms with E-state index in [0.29, 0.717) is 22.3 Å². The summed E-state index contributed by atoms with van der Waals surface area (Å²) in [5.41, 5.74) is 2.31. The first-order chi connectivity index (χ1) is 12.6. The standard InChI is InChI=1S/C20H18O6/c1-23-12-16-15-8-3-4-9-17(15)26-18(16)20(22)25-11-13-6-5-7-14(10-13)19(21)24-2/h3-10H,11-12H2,1-2H3. The number of furan rings is 1. The van der Waals surface area contributed by atoms with Crippen molar-refractivity contribution in [1.29, 1.82) is 0 Å². The number of ether oxygens (including phenoxy) is 3. The van der Waals surface area contributed by atoms with E-state index in [1.807, 2.05) is 18.2 Å². The van der Waals surface area contributed by atoms with Gasteiger partial charge in [0.05, 0.1) is 19.3 Å². The lowest BCUT2D eigenvalue weighted by Crippen LogP contribution is -2.08. The lowest BCUT2D eigenvalue weighted by Gasteiger charge is -2.06. The summed E-state index contributed by atoms with van der Waals surface area (Å²) in [6, 6.07) is 14.1. The van der Waals surface area contributed by atoms with E-state index in [9.17, 15) is 9.59 Å². The normalized spacial score (nSPS) is 10.7. The van der Waals surface area contributed by atoms with Crippen molar-refractivity contribution in [2.24, 2.45) is 0 Å². The van der Waals surface area contributed by atoms with Crippen LogP contribution in [0.15, 0.2) is 52.9 Å². The highest BCUT2D eigenvalue weighted by Crippen LogP contribution is 2.27. The molecule has 3 aromatic rings. The summed E-state index contributed by atoms with van der Waals surface area (Å²) in [6.07, 6.45) is 0. The minimum atomic E-state index is -0.586. The van der Waals surface area contributed by atoms with Crippen LogP contribution in [0.4, 0.5) is 0 Å². The molecule has 2 aromatic carbocycles. The SMILES string of the molecule is COCc1c(C(=O)OCc2cccc(C(=O)OC)c2)oc2ccccc12.